The molecule has 0 atom stereocenters. The number of aryl methyl sites for hydroxylation is 1. The zero-order chi connectivity index (χ0) is 22.4. The lowest BCUT2D eigenvalue weighted by atomic mass is 10.0. The summed E-state index contributed by atoms with van der Waals surface area (Å²) in [5.74, 6) is -0.855. The summed E-state index contributed by atoms with van der Waals surface area (Å²) in [5, 5.41) is 8.44. The molecule has 0 saturated heterocycles. The molecule has 3 aromatic rings. The first-order chi connectivity index (χ1) is 13.9. The molecule has 2 amide bonds. The van der Waals surface area contributed by atoms with Gasteiger partial charge >= 0.3 is 0 Å². The number of amides is 2. The number of halogens is 1. The monoisotopic (exact) mass is 427 g/mol. The van der Waals surface area contributed by atoms with E-state index in [1.54, 1.807) is 12.1 Å². The van der Waals surface area contributed by atoms with Crippen LogP contribution in [-0.2, 0) is 5.54 Å². The predicted molar refractivity (Wildman–Crippen MR) is 119 cm³/mol. The van der Waals surface area contributed by atoms with Gasteiger partial charge in [-0.25, -0.2) is 9.67 Å². The Morgan fingerprint density at radius 2 is 1.83 bits per heavy atom. The molecule has 0 fully saturated rings. The first-order valence-corrected chi connectivity index (χ1v) is 10.1. The number of carbonyl (C=O) groups excluding carboxylic acids is 2. The number of anilines is 1. The van der Waals surface area contributed by atoms with Crippen LogP contribution in [0.3, 0.4) is 0 Å². The van der Waals surface area contributed by atoms with Crippen molar-refractivity contribution in [1.82, 2.24) is 14.8 Å². The highest BCUT2D eigenvalue weighted by Crippen LogP contribution is 2.30. The van der Waals surface area contributed by atoms with Crippen molar-refractivity contribution in [2.75, 3.05) is 5.32 Å². The second-order valence-corrected chi connectivity index (χ2v) is 9.04. The van der Waals surface area contributed by atoms with Crippen LogP contribution in [-0.4, -0.2) is 26.6 Å². The second kappa shape index (κ2) is 7.72. The molecular formula is C22H26ClN5O2. The zero-order valence-corrected chi connectivity index (χ0v) is 18.8. The number of nitrogens with zero attached hydrogens (tertiary/aromatic N) is 3. The Labute approximate surface area is 180 Å². The fourth-order valence-corrected chi connectivity index (χ4v) is 3.45. The molecule has 3 N–H and O–H groups in total. The number of rotatable bonds is 4. The van der Waals surface area contributed by atoms with Gasteiger partial charge in [-0.2, -0.15) is 5.10 Å². The zero-order valence-electron chi connectivity index (χ0n) is 18.0. The number of hydrogen-bond acceptors (Lipinski definition) is 4. The van der Waals surface area contributed by atoms with Crippen LogP contribution in [0.25, 0.3) is 11.0 Å². The third-order valence-corrected chi connectivity index (χ3v) is 5.12. The average molecular weight is 428 g/mol. The maximum absolute atomic E-state index is 13.3. The van der Waals surface area contributed by atoms with Gasteiger partial charge in [0.2, 0.25) is 5.91 Å². The molecule has 0 bridgehead atoms. The van der Waals surface area contributed by atoms with Crippen molar-refractivity contribution in [2.24, 2.45) is 5.73 Å². The maximum atomic E-state index is 13.3. The molecule has 2 heterocycles. The van der Waals surface area contributed by atoms with E-state index in [9.17, 15) is 9.59 Å². The first kappa shape index (κ1) is 21.8. The van der Waals surface area contributed by atoms with Crippen molar-refractivity contribution >= 4 is 40.1 Å². The number of primary amides is 1. The van der Waals surface area contributed by atoms with Crippen molar-refractivity contribution in [3.05, 3.63) is 51.8 Å². The highest BCUT2D eigenvalue weighted by molar-refractivity contribution is 6.34. The Morgan fingerprint density at radius 1 is 1.17 bits per heavy atom. The standard InChI is InChI=1S/C22H26ClN5O2/c1-11(2)17-10-15(18-12(3)27-28(20(18)26-17)22(4,5)6)21(30)25-13-7-8-16(23)14(9-13)19(24)29/h7-11H,1-6H3,(H2,24,29)(H,25,30). The summed E-state index contributed by atoms with van der Waals surface area (Å²) in [6.07, 6.45) is 0. The van der Waals surface area contributed by atoms with Crippen LogP contribution in [0.2, 0.25) is 5.02 Å². The number of fused-ring (bicyclic) bond motifs is 1. The molecule has 3 rings (SSSR count). The lowest BCUT2D eigenvalue weighted by molar-refractivity contribution is 0.0996. The van der Waals surface area contributed by atoms with Gasteiger partial charge < -0.3 is 11.1 Å². The topological polar surface area (TPSA) is 103 Å². The Kier molecular flexibility index (Phi) is 5.60. The quantitative estimate of drug-likeness (QED) is 0.633. The van der Waals surface area contributed by atoms with E-state index < -0.39 is 5.91 Å². The second-order valence-electron chi connectivity index (χ2n) is 8.63. The number of pyridine rings is 1. The van der Waals surface area contributed by atoms with Gasteiger partial charge in [0.15, 0.2) is 5.65 Å². The van der Waals surface area contributed by atoms with Gasteiger partial charge in [0.05, 0.1) is 32.8 Å². The molecular weight excluding hydrogens is 402 g/mol. The Balaban J connectivity index is 2.15. The number of benzene rings is 1. The minimum absolute atomic E-state index is 0.126. The van der Waals surface area contributed by atoms with E-state index in [2.05, 4.69) is 10.4 Å². The molecule has 0 aliphatic carbocycles. The lowest BCUT2D eigenvalue weighted by Gasteiger charge is -2.20. The van der Waals surface area contributed by atoms with Gasteiger partial charge in [0, 0.05) is 11.4 Å². The van der Waals surface area contributed by atoms with Gasteiger partial charge in [0.25, 0.3) is 5.91 Å². The average Bonchev–Trinajstić information content (AvgIpc) is 2.99. The van der Waals surface area contributed by atoms with Crippen LogP contribution >= 0.6 is 11.6 Å². The van der Waals surface area contributed by atoms with Gasteiger partial charge in [-0.05, 0) is 57.9 Å². The van der Waals surface area contributed by atoms with Crippen LogP contribution in [0.15, 0.2) is 24.3 Å². The van der Waals surface area contributed by atoms with Crippen LogP contribution in [0, 0.1) is 6.92 Å². The third-order valence-electron chi connectivity index (χ3n) is 4.79. The summed E-state index contributed by atoms with van der Waals surface area (Å²) in [7, 11) is 0. The van der Waals surface area contributed by atoms with Gasteiger partial charge in [-0.3, -0.25) is 9.59 Å². The molecule has 0 saturated carbocycles. The normalized spacial score (nSPS) is 11.9. The predicted octanol–water partition coefficient (Wildman–Crippen LogP) is 4.62. The van der Waals surface area contributed by atoms with E-state index in [0.29, 0.717) is 22.3 Å². The summed E-state index contributed by atoms with van der Waals surface area (Å²) in [5.41, 5.74) is 8.31. The number of nitrogens with two attached hydrogens (primary N) is 1. The molecule has 158 valence electrons. The molecule has 8 heteroatoms. The van der Waals surface area contributed by atoms with E-state index >= 15 is 0 Å². The third kappa shape index (κ3) is 4.03. The smallest absolute Gasteiger partial charge is 0.256 e. The molecule has 2 aromatic heterocycles. The van der Waals surface area contributed by atoms with E-state index in [0.717, 1.165) is 11.4 Å². The fraction of sp³-hybridized carbons (Fsp3) is 0.364. The minimum atomic E-state index is -0.660. The Bertz CT molecular complexity index is 1160. The van der Waals surface area contributed by atoms with Crippen molar-refractivity contribution < 1.29 is 9.59 Å². The molecule has 0 unspecified atom stereocenters. The highest BCUT2D eigenvalue weighted by atomic mass is 35.5. The van der Waals surface area contributed by atoms with E-state index in [4.69, 9.17) is 22.3 Å². The number of carbonyl (C=O) groups is 2. The minimum Gasteiger partial charge on any atom is -0.366 e. The van der Waals surface area contributed by atoms with Crippen molar-refractivity contribution in [3.8, 4) is 0 Å². The van der Waals surface area contributed by atoms with Crippen LogP contribution in [0.5, 0.6) is 0 Å². The van der Waals surface area contributed by atoms with Crippen molar-refractivity contribution in [2.45, 2.75) is 53.0 Å². The summed E-state index contributed by atoms with van der Waals surface area (Å²) < 4.78 is 1.85. The highest BCUT2D eigenvalue weighted by Gasteiger charge is 2.25. The maximum Gasteiger partial charge on any atom is 0.256 e. The number of aromatic nitrogens is 3. The van der Waals surface area contributed by atoms with Crippen LogP contribution in [0.1, 0.15) is 72.6 Å². The molecule has 0 spiro atoms. The van der Waals surface area contributed by atoms with E-state index in [1.165, 1.54) is 12.1 Å². The van der Waals surface area contributed by atoms with Crippen LogP contribution in [0.4, 0.5) is 5.69 Å². The largest absolute Gasteiger partial charge is 0.366 e. The first-order valence-electron chi connectivity index (χ1n) is 9.71. The molecule has 7 nitrogen and oxygen atoms in total. The SMILES string of the molecule is Cc1nn(C(C)(C)C)c2nc(C(C)C)cc(C(=O)Nc3ccc(Cl)c(C(N)=O)c3)c12. The molecule has 30 heavy (non-hydrogen) atoms. The summed E-state index contributed by atoms with van der Waals surface area (Å²) in [4.78, 5) is 29.6. The van der Waals surface area contributed by atoms with Crippen molar-refractivity contribution in [3.63, 3.8) is 0 Å². The summed E-state index contributed by atoms with van der Waals surface area (Å²) in [6, 6.07) is 6.42. The lowest BCUT2D eigenvalue weighted by Crippen LogP contribution is -2.24. The van der Waals surface area contributed by atoms with Gasteiger partial charge in [-0.15, -0.1) is 0 Å². The number of hydrogen-bond donors (Lipinski definition) is 2. The van der Waals surface area contributed by atoms with Gasteiger partial charge in [-0.1, -0.05) is 25.4 Å². The molecule has 0 radical (unpaired) electrons. The van der Waals surface area contributed by atoms with E-state index in [1.807, 2.05) is 46.2 Å². The van der Waals surface area contributed by atoms with Crippen molar-refractivity contribution in [1.29, 1.82) is 0 Å². The number of nitrogens with one attached hydrogen (secondary N) is 1. The Morgan fingerprint density at radius 3 is 2.40 bits per heavy atom. The Hall–Kier alpha value is -2.93. The molecule has 1 aromatic carbocycles. The van der Waals surface area contributed by atoms with E-state index in [-0.39, 0.29) is 28.0 Å². The van der Waals surface area contributed by atoms with Crippen LogP contribution < -0.4 is 11.1 Å². The molecule has 0 aliphatic heterocycles. The summed E-state index contributed by atoms with van der Waals surface area (Å²) >= 11 is 6.01. The van der Waals surface area contributed by atoms with Gasteiger partial charge in [0.1, 0.15) is 0 Å². The fourth-order valence-electron chi connectivity index (χ4n) is 3.24. The summed E-state index contributed by atoms with van der Waals surface area (Å²) in [6.45, 7) is 12.0. The molecule has 0 aliphatic rings.